The Hall–Kier alpha value is -3.88. The van der Waals surface area contributed by atoms with Crippen molar-refractivity contribution in [2.24, 2.45) is 0 Å². The molecule has 9 heteroatoms. The number of aromatic nitrogens is 2. The molecule has 7 nitrogen and oxygen atoms in total. The van der Waals surface area contributed by atoms with Crippen LogP contribution in [0, 0.1) is 11.6 Å². The van der Waals surface area contributed by atoms with Gasteiger partial charge in [-0.15, -0.1) is 0 Å². The van der Waals surface area contributed by atoms with Crippen molar-refractivity contribution < 1.29 is 23.1 Å². The molecule has 142 valence electrons. The summed E-state index contributed by atoms with van der Waals surface area (Å²) < 4.78 is 32.1. The van der Waals surface area contributed by atoms with Crippen molar-refractivity contribution in [3.8, 4) is 0 Å². The second kappa shape index (κ2) is 8.21. The van der Waals surface area contributed by atoms with Crippen LogP contribution in [0.3, 0.4) is 0 Å². The number of hydrogen-bond donors (Lipinski definition) is 2. The highest BCUT2D eigenvalue weighted by atomic mass is 19.1. The van der Waals surface area contributed by atoms with Crippen LogP contribution in [-0.2, 0) is 4.74 Å². The van der Waals surface area contributed by atoms with Crippen LogP contribution in [0.4, 0.5) is 26.1 Å². The maximum absolute atomic E-state index is 13.7. The molecule has 0 aliphatic carbocycles. The molecule has 1 heterocycles. The number of methoxy groups -OCH3 is 1. The Bertz CT molecular complexity index is 1010. The standard InChI is InChI=1S/C19H14F2N4O3/c1-28-18(27)11-5-7-12(8-6-11)23-17(26)15-9-10-22-19(24-15)25-16-13(20)3-2-4-14(16)21/h2-10H,1H3,(H,23,26)(H,22,24,25). The second-order valence-corrected chi connectivity index (χ2v) is 5.51. The minimum atomic E-state index is -0.816. The van der Waals surface area contributed by atoms with Gasteiger partial charge in [-0.25, -0.2) is 23.5 Å². The smallest absolute Gasteiger partial charge is 0.337 e. The van der Waals surface area contributed by atoms with Crippen LogP contribution in [-0.4, -0.2) is 29.0 Å². The van der Waals surface area contributed by atoms with Crippen LogP contribution < -0.4 is 10.6 Å². The molecule has 1 amide bonds. The van der Waals surface area contributed by atoms with Crippen LogP contribution in [0.25, 0.3) is 0 Å². The fourth-order valence-corrected chi connectivity index (χ4v) is 2.28. The van der Waals surface area contributed by atoms with Crippen molar-refractivity contribution in [1.82, 2.24) is 9.97 Å². The minimum Gasteiger partial charge on any atom is -0.465 e. The number of benzene rings is 2. The fourth-order valence-electron chi connectivity index (χ4n) is 2.28. The predicted octanol–water partition coefficient (Wildman–Crippen LogP) is 3.54. The number of ether oxygens (including phenoxy) is 1. The first-order valence-corrected chi connectivity index (χ1v) is 8.01. The van der Waals surface area contributed by atoms with Gasteiger partial charge in [0.05, 0.1) is 12.7 Å². The molecule has 0 aliphatic rings. The third-order valence-electron chi connectivity index (χ3n) is 3.65. The van der Waals surface area contributed by atoms with E-state index >= 15 is 0 Å². The van der Waals surface area contributed by atoms with Crippen molar-refractivity contribution in [2.45, 2.75) is 0 Å². The van der Waals surface area contributed by atoms with E-state index in [1.165, 1.54) is 49.7 Å². The number of carbonyl (C=O) groups excluding carboxylic acids is 2. The number of hydrogen-bond acceptors (Lipinski definition) is 6. The molecule has 0 radical (unpaired) electrons. The van der Waals surface area contributed by atoms with Crippen molar-refractivity contribution >= 4 is 29.2 Å². The van der Waals surface area contributed by atoms with E-state index in [4.69, 9.17) is 0 Å². The lowest BCUT2D eigenvalue weighted by molar-refractivity contribution is 0.0600. The predicted molar refractivity (Wildman–Crippen MR) is 97.4 cm³/mol. The van der Waals surface area contributed by atoms with Gasteiger partial charge in [0, 0.05) is 11.9 Å². The van der Waals surface area contributed by atoms with E-state index in [1.807, 2.05) is 0 Å². The molecule has 0 atom stereocenters. The third-order valence-corrected chi connectivity index (χ3v) is 3.65. The molecule has 0 aliphatic heterocycles. The van der Waals surface area contributed by atoms with Crippen LogP contribution in [0.15, 0.2) is 54.7 Å². The third kappa shape index (κ3) is 4.26. The first kappa shape index (κ1) is 18.9. The van der Waals surface area contributed by atoms with Gasteiger partial charge in [-0.05, 0) is 42.5 Å². The molecule has 1 aromatic heterocycles. The van der Waals surface area contributed by atoms with Gasteiger partial charge < -0.3 is 15.4 Å². The van der Waals surface area contributed by atoms with E-state index in [0.29, 0.717) is 11.3 Å². The molecule has 0 spiro atoms. The first-order chi connectivity index (χ1) is 13.5. The Balaban J connectivity index is 1.74. The Morgan fingerprint density at radius 1 is 1.00 bits per heavy atom. The normalized spacial score (nSPS) is 10.2. The van der Waals surface area contributed by atoms with E-state index in [9.17, 15) is 18.4 Å². The molecule has 0 bridgehead atoms. The average Bonchev–Trinajstić information content (AvgIpc) is 2.71. The molecule has 0 saturated carbocycles. The molecule has 28 heavy (non-hydrogen) atoms. The highest BCUT2D eigenvalue weighted by Crippen LogP contribution is 2.21. The summed E-state index contributed by atoms with van der Waals surface area (Å²) in [7, 11) is 1.27. The van der Waals surface area contributed by atoms with Gasteiger partial charge >= 0.3 is 5.97 Å². The number of nitrogens with zero attached hydrogens (tertiary/aromatic N) is 2. The number of nitrogens with one attached hydrogen (secondary N) is 2. The Kier molecular flexibility index (Phi) is 5.54. The van der Waals surface area contributed by atoms with E-state index < -0.39 is 29.2 Å². The molecule has 0 saturated heterocycles. The molecule has 2 N–H and O–H groups in total. The quantitative estimate of drug-likeness (QED) is 0.654. The van der Waals surface area contributed by atoms with Gasteiger partial charge in [0.15, 0.2) is 0 Å². The zero-order valence-corrected chi connectivity index (χ0v) is 14.6. The number of rotatable bonds is 5. The maximum Gasteiger partial charge on any atom is 0.337 e. The zero-order valence-electron chi connectivity index (χ0n) is 14.6. The molecular weight excluding hydrogens is 370 g/mol. The lowest BCUT2D eigenvalue weighted by atomic mass is 10.2. The molecular formula is C19H14F2N4O3. The fraction of sp³-hybridized carbons (Fsp3) is 0.0526. The van der Waals surface area contributed by atoms with Crippen molar-refractivity contribution in [3.63, 3.8) is 0 Å². The van der Waals surface area contributed by atoms with Gasteiger partial charge in [0.2, 0.25) is 5.95 Å². The Labute approximate surface area is 158 Å². The van der Waals surface area contributed by atoms with E-state index in [1.54, 1.807) is 0 Å². The monoisotopic (exact) mass is 384 g/mol. The highest BCUT2D eigenvalue weighted by molar-refractivity contribution is 6.03. The van der Waals surface area contributed by atoms with E-state index in [0.717, 1.165) is 12.1 Å². The number of para-hydroxylation sites is 1. The number of carbonyl (C=O) groups is 2. The van der Waals surface area contributed by atoms with Gasteiger partial charge in [0.25, 0.3) is 5.91 Å². The largest absolute Gasteiger partial charge is 0.465 e. The molecule has 0 unspecified atom stereocenters. The van der Waals surface area contributed by atoms with Crippen LogP contribution >= 0.6 is 0 Å². The number of anilines is 3. The minimum absolute atomic E-state index is 0.0220. The van der Waals surface area contributed by atoms with Crippen molar-refractivity contribution in [1.29, 1.82) is 0 Å². The Morgan fingerprint density at radius 2 is 1.68 bits per heavy atom. The SMILES string of the molecule is COC(=O)c1ccc(NC(=O)c2ccnc(Nc3c(F)cccc3F)n2)cc1. The summed E-state index contributed by atoms with van der Waals surface area (Å²) in [6, 6.07) is 10.8. The summed E-state index contributed by atoms with van der Waals surface area (Å²) in [5.74, 6) is -2.83. The topological polar surface area (TPSA) is 93.2 Å². The first-order valence-electron chi connectivity index (χ1n) is 8.01. The summed E-state index contributed by atoms with van der Waals surface area (Å²) >= 11 is 0. The van der Waals surface area contributed by atoms with Gasteiger partial charge in [-0.1, -0.05) is 6.07 Å². The summed E-state index contributed by atoms with van der Waals surface area (Å²) in [5.41, 5.74) is 0.316. The molecule has 3 rings (SSSR count). The summed E-state index contributed by atoms with van der Waals surface area (Å²) in [6.07, 6.45) is 1.28. The number of esters is 1. The van der Waals surface area contributed by atoms with Crippen LogP contribution in [0.2, 0.25) is 0 Å². The maximum atomic E-state index is 13.7. The Morgan fingerprint density at radius 3 is 2.32 bits per heavy atom. The van der Waals surface area contributed by atoms with Crippen molar-refractivity contribution in [2.75, 3.05) is 17.7 Å². The lowest BCUT2D eigenvalue weighted by Gasteiger charge is -2.09. The highest BCUT2D eigenvalue weighted by Gasteiger charge is 2.13. The molecule has 2 aromatic carbocycles. The zero-order chi connectivity index (χ0) is 20.1. The van der Waals surface area contributed by atoms with Crippen LogP contribution in [0.5, 0.6) is 0 Å². The van der Waals surface area contributed by atoms with Gasteiger partial charge in [-0.2, -0.15) is 0 Å². The average molecular weight is 384 g/mol. The van der Waals surface area contributed by atoms with Gasteiger partial charge in [0.1, 0.15) is 23.0 Å². The summed E-state index contributed by atoms with van der Waals surface area (Å²) in [5, 5.41) is 5.02. The number of halogens is 2. The summed E-state index contributed by atoms with van der Waals surface area (Å²) in [4.78, 5) is 31.6. The number of amides is 1. The van der Waals surface area contributed by atoms with E-state index in [-0.39, 0.29) is 11.6 Å². The molecule has 3 aromatic rings. The van der Waals surface area contributed by atoms with Crippen LogP contribution in [0.1, 0.15) is 20.8 Å². The second-order valence-electron chi connectivity index (χ2n) is 5.51. The van der Waals surface area contributed by atoms with Crippen molar-refractivity contribution in [3.05, 3.63) is 77.6 Å². The van der Waals surface area contributed by atoms with E-state index in [2.05, 4.69) is 25.3 Å². The lowest BCUT2D eigenvalue weighted by Crippen LogP contribution is -2.15. The van der Waals surface area contributed by atoms with Gasteiger partial charge in [-0.3, -0.25) is 4.79 Å². The summed E-state index contributed by atoms with van der Waals surface area (Å²) in [6.45, 7) is 0. The molecule has 0 fully saturated rings.